The molecule has 0 heterocycles. The molecule has 1 aromatic rings. The van der Waals surface area contributed by atoms with Crippen molar-refractivity contribution in [2.24, 2.45) is 0 Å². The lowest BCUT2D eigenvalue weighted by molar-refractivity contribution is -0.116. The summed E-state index contributed by atoms with van der Waals surface area (Å²) >= 11 is 0. The first-order valence-electron chi connectivity index (χ1n) is 5.99. The van der Waals surface area contributed by atoms with Crippen LogP contribution in [0.3, 0.4) is 0 Å². The number of aliphatic hydroxyl groups is 1. The van der Waals surface area contributed by atoms with Gasteiger partial charge in [0.2, 0.25) is 5.91 Å². The number of halogens is 2. The third-order valence-corrected chi connectivity index (χ3v) is 2.56. The Morgan fingerprint density at radius 2 is 2.16 bits per heavy atom. The number of carbonyl (C=O) groups excluding carboxylic acids is 1. The summed E-state index contributed by atoms with van der Waals surface area (Å²) in [5, 5.41) is 11.6. The van der Waals surface area contributed by atoms with Gasteiger partial charge in [-0.25, -0.2) is 8.78 Å². The second kappa shape index (κ2) is 6.99. The molecule has 5 heteroatoms. The Balaban J connectivity index is 2.67. The lowest BCUT2D eigenvalue weighted by atomic mass is 10.1. The summed E-state index contributed by atoms with van der Waals surface area (Å²) in [4.78, 5) is 11.5. The smallest absolute Gasteiger partial charge is 0.244 e. The Morgan fingerprint density at radius 3 is 2.74 bits per heavy atom. The molecule has 3 nitrogen and oxygen atoms in total. The molecule has 0 aliphatic carbocycles. The molecule has 19 heavy (non-hydrogen) atoms. The standard InChI is InChI=1S/C14H17F2NO2/c1-9(7-14(19)17-6-5-10(2)18)12-4-3-11(15)8-13(12)16/h3-4,7-8,10,18H,5-6H2,1-2H3,(H,17,19)/b9-7-. The summed E-state index contributed by atoms with van der Waals surface area (Å²) in [5.41, 5.74) is 0.596. The molecule has 0 aliphatic rings. The van der Waals surface area contributed by atoms with Crippen LogP contribution in [0.1, 0.15) is 25.8 Å². The highest BCUT2D eigenvalue weighted by Crippen LogP contribution is 2.18. The van der Waals surface area contributed by atoms with Crippen molar-refractivity contribution in [3.63, 3.8) is 0 Å². The summed E-state index contributed by atoms with van der Waals surface area (Å²) in [7, 11) is 0. The second-order valence-electron chi connectivity index (χ2n) is 4.38. The van der Waals surface area contributed by atoms with Crippen LogP contribution in [0.15, 0.2) is 24.3 Å². The van der Waals surface area contributed by atoms with Gasteiger partial charge in [-0.2, -0.15) is 0 Å². The molecule has 1 atom stereocenters. The summed E-state index contributed by atoms with van der Waals surface area (Å²) in [6, 6.07) is 3.21. The van der Waals surface area contributed by atoms with E-state index in [1.54, 1.807) is 13.8 Å². The number of hydrogen-bond acceptors (Lipinski definition) is 2. The summed E-state index contributed by atoms with van der Waals surface area (Å²) < 4.78 is 26.2. The van der Waals surface area contributed by atoms with E-state index in [1.165, 1.54) is 12.1 Å². The second-order valence-corrected chi connectivity index (χ2v) is 4.38. The van der Waals surface area contributed by atoms with Gasteiger partial charge in [0.15, 0.2) is 0 Å². The zero-order chi connectivity index (χ0) is 14.4. The number of amides is 1. The Hall–Kier alpha value is -1.75. The normalized spacial score (nSPS) is 13.2. The summed E-state index contributed by atoms with van der Waals surface area (Å²) in [6.07, 6.45) is 1.21. The predicted molar refractivity (Wildman–Crippen MR) is 69.3 cm³/mol. The highest BCUT2D eigenvalue weighted by Gasteiger charge is 2.07. The number of hydrogen-bond donors (Lipinski definition) is 2. The van der Waals surface area contributed by atoms with E-state index in [9.17, 15) is 13.6 Å². The van der Waals surface area contributed by atoms with Gasteiger partial charge in [0.1, 0.15) is 11.6 Å². The largest absolute Gasteiger partial charge is 0.393 e. The van der Waals surface area contributed by atoms with Crippen LogP contribution >= 0.6 is 0 Å². The lowest BCUT2D eigenvalue weighted by Gasteiger charge is -2.06. The molecule has 1 unspecified atom stereocenters. The van der Waals surface area contributed by atoms with Crippen molar-refractivity contribution in [1.29, 1.82) is 0 Å². The molecule has 1 aromatic carbocycles. The van der Waals surface area contributed by atoms with Crippen LogP contribution in [0, 0.1) is 11.6 Å². The fraction of sp³-hybridized carbons (Fsp3) is 0.357. The molecule has 1 rings (SSSR count). The Bertz CT molecular complexity index is 484. The summed E-state index contributed by atoms with van der Waals surface area (Å²) in [5.74, 6) is -1.73. The van der Waals surface area contributed by atoms with Crippen LogP contribution in [0.2, 0.25) is 0 Å². The molecule has 0 aromatic heterocycles. The van der Waals surface area contributed by atoms with E-state index >= 15 is 0 Å². The van der Waals surface area contributed by atoms with Crippen molar-refractivity contribution in [1.82, 2.24) is 5.32 Å². The highest BCUT2D eigenvalue weighted by atomic mass is 19.1. The summed E-state index contributed by atoms with van der Waals surface area (Å²) in [6.45, 7) is 3.54. The SMILES string of the molecule is C/C(=C/C(=O)NCCC(C)O)c1ccc(F)cc1F. The lowest BCUT2D eigenvalue weighted by Crippen LogP contribution is -2.24. The predicted octanol–water partition coefficient (Wildman–Crippen LogP) is 2.26. The van der Waals surface area contributed by atoms with Crippen molar-refractivity contribution in [2.45, 2.75) is 26.4 Å². The van der Waals surface area contributed by atoms with Crippen LogP contribution < -0.4 is 5.32 Å². The molecule has 0 fully saturated rings. The first-order valence-corrected chi connectivity index (χ1v) is 5.99. The van der Waals surface area contributed by atoms with Gasteiger partial charge in [-0.1, -0.05) is 0 Å². The monoisotopic (exact) mass is 269 g/mol. The van der Waals surface area contributed by atoms with Gasteiger partial charge in [-0.3, -0.25) is 4.79 Å². The molecule has 0 saturated heterocycles. The molecule has 0 saturated carbocycles. The third kappa shape index (κ3) is 5.18. The van der Waals surface area contributed by atoms with Gasteiger partial charge in [-0.15, -0.1) is 0 Å². The zero-order valence-corrected chi connectivity index (χ0v) is 10.9. The fourth-order valence-corrected chi connectivity index (χ4v) is 1.54. The van der Waals surface area contributed by atoms with Crippen molar-refractivity contribution in [2.75, 3.05) is 6.54 Å². The van der Waals surface area contributed by atoms with Crippen LogP contribution in [0.5, 0.6) is 0 Å². The Kier molecular flexibility index (Phi) is 5.63. The molecule has 0 aliphatic heterocycles. The maximum atomic E-state index is 13.5. The first-order chi connectivity index (χ1) is 8.90. The highest BCUT2D eigenvalue weighted by molar-refractivity contribution is 5.94. The van der Waals surface area contributed by atoms with Crippen molar-refractivity contribution < 1.29 is 18.7 Å². The van der Waals surface area contributed by atoms with Crippen molar-refractivity contribution in [3.8, 4) is 0 Å². The third-order valence-electron chi connectivity index (χ3n) is 2.56. The van der Waals surface area contributed by atoms with Gasteiger partial charge in [0, 0.05) is 24.3 Å². The minimum atomic E-state index is -0.703. The zero-order valence-electron chi connectivity index (χ0n) is 10.9. The van der Waals surface area contributed by atoms with Crippen molar-refractivity contribution in [3.05, 3.63) is 41.5 Å². The number of allylic oxidation sites excluding steroid dienone is 1. The van der Waals surface area contributed by atoms with Gasteiger partial charge >= 0.3 is 0 Å². The van der Waals surface area contributed by atoms with E-state index < -0.39 is 17.7 Å². The number of carbonyl (C=O) groups is 1. The molecule has 2 N–H and O–H groups in total. The number of rotatable bonds is 5. The van der Waals surface area contributed by atoms with Crippen molar-refractivity contribution >= 4 is 11.5 Å². The average Bonchev–Trinajstić information content (AvgIpc) is 2.27. The topological polar surface area (TPSA) is 49.3 Å². The van der Waals surface area contributed by atoms with E-state index in [1.807, 2.05) is 0 Å². The molecule has 0 spiro atoms. The number of nitrogens with one attached hydrogen (secondary N) is 1. The van der Waals surface area contributed by atoms with E-state index in [2.05, 4.69) is 5.32 Å². The van der Waals surface area contributed by atoms with Crippen LogP contribution in [0.25, 0.3) is 5.57 Å². The maximum absolute atomic E-state index is 13.5. The molecular formula is C14H17F2NO2. The van der Waals surface area contributed by atoms with Gasteiger partial charge < -0.3 is 10.4 Å². The van der Waals surface area contributed by atoms with E-state index in [0.29, 0.717) is 18.5 Å². The number of benzene rings is 1. The van der Waals surface area contributed by atoms with E-state index in [0.717, 1.165) is 12.1 Å². The molecule has 104 valence electrons. The Labute approximate surface area is 110 Å². The molecule has 0 radical (unpaired) electrons. The van der Waals surface area contributed by atoms with E-state index in [-0.39, 0.29) is 11.5 Å². The number of aliphatic hydroxyl groups excluding tert-OH is 1. The van der Waals surface area contributed by atoms with Crippen LogP contribution in [0.4, 0.5) is 8.78 Å². The minimum absolute atomic E-state index is 0.187. The first kappa shape index (κ1) is 15.3. The van der Waals surface area contributed by atoms with Gasteiger partial charge in [-0.05, 0) is 38.0 Å². The molecular weight excluding hydrogens is 252 g/mol. The van der Waals surface area contributed by atoms with E-state index in [4.69, 9.17) is 5.11 Å². The molecule has 1 amide bonds. The maximum Gasteiger partial charge on any atom is 0.244 e. The minimum Gasteiger partial charge on any atom is -0.393 e. The quantitative estimate of drug-likeness (QED) is 0.805. The average molecular weight is 269 g/mol. The van der Waals surface area contributed by atoms with Gasteiger partial charge in [0.25, 0.3) is 0 Å². The van der Waals surface area contributed by atoms with Crippen LogP contribution in [-0.2, 0) is 4.79 Å². The van der Waals surface area contributed by atoms with Gasteiger partial charge in [0.05, 0.1) is 6.10 Å². The molecule has 0 bridgehead atoms. The Morgan fingerprint density at radius 1 is 1.47 bits per heavy atom. The van der Waals surface area contributed by atoms with Crippen LogP contribution in [-0.4, -0.2) is 23.7 Å². The fourth-order valence-electron chi connectivity index (χ4n) is 1.54.